The lowest BCUT2D eigenvalue weighted by Gasteiger charge is -2.47. The molecule has 39 heavy (non-hydrogen) atoms. The maximum Gasteiger partial charge on any atom is 0.416 e. The van der Waals surface area contributed by atoms with E-state index in [-0.39, 0.29) is 37.2 Å². The van der Waals surface area contributed by atoms with Gasteiger partial charge < -0.3 is 19.8 Å². The Morgan fingerprint density at radius 3 is 2.18 bits per heavy atom. The lowest BCUT2D eigenvalue weighted by atomic mass is 9.89. The highest BCUT2D eigenvalue weighted by atomic mass is 19.4. The van der Waals surface area contributed by atoms with Crippen molar-refractivity contribution in [1.82, 2.24) is 14.7 Å². The number of carbonyl (C=O) groups is 2. The molecule has 4 atom stereocenters. The second-order valence-corrected chi connectivity index (χ2v) is 10.1. The first-order valence-corrected chi connectivity index (χ1v) is 12.4. The van der Waals surface area contributed by atoms with Gasteiger partial charge in [0.1, 0.15) is 0 Å². The fraction of sp³-hybridized carbons (Fsp3) is 0.481. The van der Waals surface area contributed by atoms with Crippen molar-refractivity contribution >= 4 is 11.9 Å². The van der Waals surface area contributed by atoms with E-state index in [4.69, 9.17) is 0 Å². The van der Waals surface area contributed by atoms with E-state index in [9.17, 15) is 41.0 Å². The Hall–Kier alpha value is -3.28. The quantitative estimate of drug-likeness (QED) is 0.512. The number of halogens is 6. The van der Waals surface area contributed by atoms with Crippen molar-refractivity contribution in [1.29, 1.82) is 0 Å². The number of amides is 3. The number of carbonyl (C=O) groups excluding carboxylic acids is 2. The molecule has 0 bridgehead atoms. The SMILES string of the molecule is Cc1ccccc1C1C2CC(CO)C(=O)N2CCN1C(=O)N(C)C(C)c1cc(C(F)(F)F)cc(C(F)(F)F)c1. The van der Waals surface area contributed by atoms with Crippen molar-refractivity contribution in [3.8, 4) is 0 Å². The summed E-state index contributed by atoms with van der Waals surface area (Å²) >= 11 is 0. The van der Waals surface area contributed by atoms with Crippen LogP contribution in [0.1, 0.15) is 53.2 Å². The Balaban J connectivity index is 1.71. The molecule has 2 heterocycles. The van der Waals surface area contributed by atoms with Gasteiger partial charge >= 0.3 is 18.4 Å². The van der Waals surface area contributed by atoms with Crippen molar-refractivity contribution < 1.29 is 41.0 Å². The van der Waals surface area contributed by atoms with Crippen LogP contribution in [-0.2, 0) is 17.1 Å². The number of rotatable bonds is 4. The summed E-state index contributed by atoms with van der Waals surface area (Å²) in [5.74, 6) is -0.822. The Kier molecular flexibility index (Phi) is 7.63. The number of hydrogen-bond donors (Lipinski definition) is 1. The highest BCUT2D eigenvalue weighted by Crippen LogP contribution is 2.42. The molecule has 0 aliphatic carbocycles. The van der Waals surface area contributed by atoms with Crippen LogP contribution in [0.5, 0.6) is 0 Å². The molecule has 4 unspecified atom stereocenters. The van der Waals surface area contributed by atoms with E-state index in [1.807, 2.05) is 25.1 Å². The van der Waals surface area contributed by atoms with E-state index in [1.54, 1.807) is 11.0 Å². The molecule has 2 aliphatic rings. The molecule has 0 saturated carbocycles. The van der Waals surface area contributed by atoms with Gasteiger partial charge in [-0.3, -0.25) is 4.79 Å². The second kappa shape index (κ2) is 10.4. The zero-order valence-corrected chi connectivity index (χ0v) is 21.6. The molecule has 2 aromatic rings. The van der Waals surface area contributed by atoms with E-state index in [0.29, 0.717) is 18.6 Å². The van der Waals surface area contributed by atoms with Crippen molar-refractivity contribution in [2.45, 2.75) is 50.7 Å². The molecule has 2 saturated heterocycles. The second-order valence-electron chi connectivity index (χ2n) is 10.1. The molecular weight excluding hydrogens is 528 g/mol. The van der Waals surface area contributed by atoms with Crippen LogP contribution in [0.15, 0.2) is 42.5 Å². The number of urea groups is 1. The van der Waals surface area contributed by atoms with Gasteiger partial charge in [0.2, 0.25) is 5.91 Å². The monoisotopic (exact) mass is 557 g/mol. The summed E-state index contributed by atoms with van der Waals surface area (Å²) in [7, 11) is 1.33. The lowest BCUT2D eigenvalue weighted by molar-refractivity contribution is -0.143. The third-order valence-corrected chi connectivity index (χ3v) is 7.79. The van der Waals surface area contributed by atoms with Crippen LogP contribution < -0.4 is 0 Å². The molecule has 12 heteroatoms. The minimum atomic E-state index is -5.01. The highest BCUT2D eigenvalue weighted by molar-refractivity contribution is 5.83. The van der Waals surface area contributed by atoms with E-state index in [1.165, 1.54) is 18.9 Å². The zero-order valence-electron chi connectivity index (χ0n) is 21.6. The molecule has 6 nitrogen and oxygen atoms in total. The molecule has 0 radical (unpaired) electrons. The lowest BCUT2D eigenvalue weighted by Crippen LogP contribution is -2.57. The summed E-state index contributed by atoms with van der Waals surface area (Å²) in [5.41, 5.74) is -1.59. The van der Waals surface area contributed by atoms with Gasteiger partial charge in [-0.15, -0.1) is 0 Å². The van der Waals surface area contributed by atoms with Crippen molar-refractivity contribution in [2.24, 2.45) is 5.92 Å². The van der Waals surface area contributed by atoms with Crippen LogP contribution in [-0.4, -0.2) is 64.5 Å². The largest absolute Gasteiger partial charge is 0.416 e. The topological polar surface area (TPSA) is 64.1 Å². The van der Waals surface area contributed by atoms with E-state index < -0.39 is 53.6 Å². The van der Waals surface area contributed by atoms with Crippen LogP contribution in [0.3, 0.4) is 0 Å². The predicted molar refractivity (Wildman–Crippen MR) is 129 cm³/mol. The Morgan fingerprint density at radius 1 is 1.05 bits per heavy atom. The standard InChI is InChI=1S/C27H29F6N3O3/c1-15-6-4-5-7-21(15)23-22-12-18(14-37)24(38)35(22)8-9-36(23)25(39)34(3)16(2)17-10-19(26(28,29)30)13-20(11-17)27(31,32)33/h4-7,10-11,13,16,18,22-23,37H,8-9,12,14H2,1-3H3. The number of hydrogen-bond acceptors (Lipinski definition) is 3. The van der Waals surface area contributed by atoms with Gasteiger partial charge in [-0.05, 0) is 55.2 Å². The number of fused-ring (bicyclic) bond motifs is 1. The third kappa shape index (κ3) is 5.43. The Morgan fingerprint density at radius 2 is 1.64 bits per heavy atom. The van der Waals surface area contributed by atoms with Crippen molar-refractivity contribution in [3.05, 3.63) is 70.3 Å². The van der Waals surface area contributed by atoms with Gasteiger partial charge in [0.25, 0.3) is 0 Å². The molecule has 0 aromatic heterocycles. The summed E-state index contributed by atoms with van der Waals surface area (Å²) in [6.07, 6.45) is -9.72. The molecule has 2 fully saturated rings. The summed E-state index contributed by atoms with van der Waals surface area (Å²) in [6.45, 7) is 3.18. The minimum absolute atomic E-state index is 0.0557. The predicted octanol–water partition coefficient (Wildman–Crippen LogP) is 5.41. The maximum atomic E-state index is 13.8. The van der Waals surface area contributed by atoms with Crippen LogP contribution in [0, 0.1) is 12.8 Å². The van der Waals surface area contributed by atoms with Gasteiger partial charge in [0.05, 0.1) is 41.8 Å². The number of aryl methyl sites for hydroxylation is 1. The highest BCUT2D eigenvalue weighted by Gasteiger charge is 2.50. The fourth-order valence-electron chi connectivity index (χ4n) is 5.53. The third-order valence-electron chi connectivity index (χ3n) is 7.79. The molecule has 2 aromatic carbocycles. The molecule has 1 N–H and O–H groups in total. The van der Waals surface area contributed by atoms with E-state index in [2.05, 4.69) is 0 Å². The van der Waals surface area contributed by atoms with Crippen LogP contribution in [0.4, 0.5) is 31.1 Å². The van der Waals surface area contributed by atoms with Crippen molar-refractivity contribution in [2.75, 3.05) is 26.7 Å². The summed E-state index contributed by atoms with van der Waals surface area (Å²) in [5, 5.41) is 9.72. The summed E-state index contributed by atoms with van der Waals surface area (Å²) < 4.78 is 80.6. The molecular formula is C27H29F6N3O3. The number of aliphatic hydroxyl groups is 1. The van der Waals surface area contributed by atoms with E-state index in [0.717, 1.165) is 16.0 Å². The molecule has 3 amide bonds. The molecule has 4 rings (SSSR count). The zero-order chi connectivity index (χ0) is 28.9. The Bertz CT molecular complexity index is 1220. The first-order chi connectivity index (χ1) is 18.1. The summed E-state index contributed by atoms with van der Waals surface area (Å²) in [6, 6.07) is 5.81. The number of piperazine rings is 1. The number of nitrogens with zero attached hydrogens (tertiary/aromatic N) is 3. The van der Waals surface area contributed by atoms with Crippen LogP contribution >= 0.6 is 0 Å². The van der Waals surface area contributed by atoms with Gasteiger partial charge in [-0.1, -0.05) is 24.3 Å². The van der Waals surface area contributed by atoms with Gasteiger partial charge in [0.15, 0.2) is 0 Å². The number of benzene rings is 2. The molecule has 2 aliphatic heterocycles. The van der Waals surface area contributed by atoms with E-state index >= 15 is 0 Å². The fourth-order valence-corrected chi connectivity index (χ4v) is 5.53. The Labute approximate surface area is 221 Å². The normalized spacial score (nSPS) is 22.6. The van der Waals surface area contributed by atoms with Crippen molar-refractivity contribution in [3.63, 3.8) is 0 Å². The molecule has 212 valence electrons. The van der Waals surface area contributed by atoms with Gasteiger partial charge in [-0.2, -0.15) is 26.3 Å². The maximum absolute atomic E-state index is 13.8. The van der Waals surface area contributed by atoms with Crippen LogP contribution in [0.2, 0.25) is 0 Å². The molecule has 0 spiro atoms. The number of alkyl halides is 6. The first kappa shape index (κ1) is 28.7. The average molecular weight is 558 g/mol. The first-order valence-electron chi connectivity index (χ1n) is 12.4. The van der Waals surface area contributed by atoms with Gasteiger partial charge in [-0.25, -0.2) is 4.79 Å². The summed E-state index contributed by atoms with van der Waals surface area (Å²) in [4.78, 5) is 31.0. The van der Waals surface area contributed by atoms with Crippen LogP contribution in [0.25, 0.3) is 0 Å². The number of aliphatic hydroxyl groups excluding tert-OH is 1. The average Bonchev–Trinajstić information content (AvgIpc) is 3.21. The van der Waals surface area contributed by atoms with Gasteiger partial charge in [0, 0.05) is 20.1 Å². The minimum Gasteiger partial charge on any atom is -0.396 e. The smallest absolute Gasteiger partial charge is 0.396 e.